The van der Waals surface area contributed by atoms with E-state index in [1.807, 2.05) is 6.07 Å². The van der Waals surface area contributed by atoms with Crippen molar-refractivity contribution >= 4 is 0 Å². The van der Waals surface area contributed by atoms with Crippen LogP contribution in [0.4, 0.5) is 0 Å². The Labute approximate surface area is 161 Å². The second kappa shape index (κ2) is 7.84. The molecule has 2 aliphatic heterocycles. The summed E-state index contributed by atoms with van der Waals surface area (Å²) in [5, 5.41) is 10.7. The van der Waals surface area contributed by atoms with E-state index in [1.54, 1.807) is 14.0 Å². The van der Waals surface area contributed by atoms with Crippen molar-refractivity contribution in [3.05, 3.63) is 28.8 Å². The van der Waals surface area contributed by atoms with E-state index in [0.717, 1.165) is 30.7 Å². The molecule has 3 atom stereocenters. The third kappa shape index (κ3) is 4.23. The molecule has 5 heteroatoms. The zero-order valence-corrected chi connectivity index (χ0v) is 16.9. The summed E-state index contributed by atoms with van der Waals surface area (Å²) in [6.07, 6.45) is 4.49. The normalized spacial score (nSPS) is 22.1. The highest BCUT2D eigenvalue weighted by Crippen LogP contribution is 2.47. The highest BCUT2D eigenvalue weighted by Gasteiger charge is 2.36. The molecule has 1 aromatic rings. The summed E-state index contributed by atoms with van der Waals surface area (Å²) in [6.45, 7) is 7.10. The monoisotopic (exact) mass is 372 g/mol. The van der Waals surface area contributed by atoms with Gasteiger partial charge >= 0.3 is 0 Å². The fraction of sp³-hybridized carbons (Fsp3) is 0.545. The predicted molar refractivity (Wildman–Crippen MR) is 104 cm³/mol. The van der Waals surface area contributed by atoms with Crippen LogP contribution in [0.3, 0.4) is 0 Å². The third-order valence-corrected chi connectivity index (χ3v) is 5.19. The molecule has 2 N–H and O–H groups in total. The predicted octanol–water partition coefficient (Wildman–Crippen LogP) is 2.04. The Bertz CT molecular complexity index is 797. The molecule has 0 aliphatic carbocycles. The number of nitrogens with one attached hydrogen (secondary N) is 1. The van der Waals surface area contributed by atoms with Crippen LogP contribution >= 0.6 is 0 Å². The molecule has 1 unspecified atom stereocenters. The maximum Gasteiger partial charge on any atom is 0.231 e. The number of quaternary nitrogens is 1. The Morgan fingerprint density at radius 2 is 2.22 bits per heavy atom. The summed E-state index contributed by atoms with van der Waals surface area (Å²) in [5.41, 5.74) is 2.47. The van der Waals surface area contributed by atoms with Crippen molar-refractivity contribution in [3.63, 3.8) is 0 Å². The van der Waals surface area contributed by atoms with E-state index in [-0.39, 0.29) is 12.8 Å². The minimum atomic E-state index is -1.02. The van der Waals surface area contributed by atoms with Crippen LogP contribution in [-0.2, 0) is 6.42 Å². The van der Waals surface area contributed by atoms with Crippen LogP contribution in [0.25, 0.3) is 0 Å². The first-order valence-corrected chi connectivity index (χ1v) is 9.52. The van der Waals surface area contributed by atoms with Crippen LogP contribution in [0.5, 0.6) is 17.2 Å². The average Bonchev–Trinajstić information content (AvgIpc) is 3.06. The number of methoxy groups -OCH3 is 1. The van der Waals surface area contributed by atoms with Gasteiger partial charge in [-0.05, 0) is 51.2 Å². The van der Waals surface area contributed by atoms with Crippen LogP contribution in [0.1, 0.15) is 50.8 Å². The largest absolute Gasteiger partial charge is 0.492 e. The zero-order chi connectivity index (χ0) is 19.6. The SMILES string of the molecule is COc1c2c(cc3c1[C@H](C#C[C@](C)(O)CCC=C(C)C)[NH+](C)CC3)OCO2. The number of fused-ring (bicyclic) bond motifs is 2. The lowest BCUT2D eigenvalue weighted by molar-refractivity contribution is -0.905. The fourth-order valence-electron chi connectivity index (χ4n) is 3.65. The fourth-order valence-corrected chi connectivity index (χ4v) is 3.65. The number of ether oxygens (including phenoxy) is 3. The molecule has 0 spiro atoms. The van der Waals surface area contributed by atoms with Crippen molar-refractivity contribution in [2.24, 2.45) is 0 Å². The molecule has 146 valence electrons. The quantitative estimate of drug-likeness (QED) is 0.627. The van der Waals surface area contributed by atoms with E-state index >= 15 is 0 Å². The summed E-state index contributed by atoms with van der Waals surface area (Å²) >= 11 is 0. The Balaban J connectivity index is 1.93. The van der Waals surface area contributed by atoms with Crippen molar-refractivity contribution in [1.82, 2.24) is 0 Å². The molecule has 0 radical (unpaired) electrons. The number of rotatable bonds is 4. The molecular formula is C22H30NO4+. The lowest BCUT2D eigenvalue weighted by Crippen LogP contribution is -3.10. The van der Waals surface area contributed by atoms with Gasteiger partial charge in [0.05, 0.1) is 26.3 Å². The van der Waals surface area contributed by atoms with Gasteiger partial charge in [0.25, 0.3) is 0 Å². The molecule has 0 saturated heterocycles. The van der Waals surface area contributed by atoms with Crippen LogP contribution in [0.2, 0.25) is 0 Å². The van der Waals surface area contributed by atoms with Gasteiger partial charge in [-0.3, -0.25) is 0 Å². The third-order valence-electron chi connectivity index (χ3n) is 5.19. The Hall–Kier alpha value is -2.16. The summed E-state index contributed by atoms with van der Waals surface area (Å²) in [7, 11) is 3.78. The van der Waals surface area contributed by atoms with Gasteiger partial charge in [-0.25, -0.2) is 0 Å². The second-order valence-corrected chi connectivity index (χ2v) is 7.86. The number of benzene rings is 1. The van der Waals surface area contributed by atoms with E-state index in [0.29, 0.717) is 17.9 Å². The van der Waals surface area contributed by atoms with E-state index in [9.17, 15) is 5.11 Å². The molecule has 5 nitrogen and oxygen atoms in total. The molecule has 1 aromatic carbocycles. The Morgan fingerprint density at radius 3 is 2.93 bits per heavy atom. The first kappa shape index (κ1) is 19.6. The van der Waals surface area contributed by atoms with Crippen LogP contribution in [-0.4, -0.2) is 38.2 Å². The van der Waals surface area contributed by atoms with Gasteiger partial charge in [0.1, 0.15) is 5.60 Å². The highest BCUT2D eigenvalue weighted by molar-refractivity contribution is 5.62. The maximum atomic E-state index is 10.7. The molecular weight excluding hydrogens is 342 g/mol. The van der Waals surface area contributed by atoms with Gasteiger partial charge in [-0.2, -0.15) is 0 Å². The summed E-state index contributed by atoms with van der Waals surface area (Å²) in [5.74, 6) is 8.57. The van der Waals surface area contributed by atoms with Crippen molar-refractivity contribution < 1.29 is 24.2 Å². The molecule has 2 heterocycles. The molecule has 27 heavy (non-hydrogen) atoms. The van der Waals surface area contributed by atoms with E-state index < -0.39 is 5.60 Å². The minimum absolute atomic E-state index is 0.0758. The number of aliphatic hydroxyl groups is 1. The molecule has 2 aliphatic rings. The van der Waals surface area contributed by atoms with Crippen LogP contribution in [0, 0.1) is 11.8 Å². The maximum absolute atomic E-state index is 10.7. The van der Waals surface area contributed by atoms with E-state index in [4.69, 9.17) is 14.2 Å². The van der Waals surface area contributed by atoms with Gasteiger partial charge in [0.2, 0.25) is 12.5 Å². The summed E-state index contributed by atoms with van der Waals surface area (Å²) in [6, 6.07) is 1.97. The van der Waals surface area contributed by atoms with E-state index in [1.165, 1.54) is 16.0 Å². The highest BCUT2D eigenvalue weighted by atomic mass is 16.7. The Kier molecular flexibility index (Phi) is 5.69. The summed E-state index contributed by atoms with van der Waals surface area (Å²) in [4.78, 5) is 1.28. The van der Waals surface area contributed by atoms with Crippen LogP contribution in [0.15, 0.2) is 17.7 Å². The van der Waals surface area contributed by atoms with E-state index in [2.05, 4.69) is 38.8 Å². The summed E-state index contributed by atoms with van der Waals surface area (Å²) < 4.78 is 16.9. The van der Waals surface area contributed by atoms with Crippen molar-refractivity contribution in [1.29, 1.82) is 0 Å². The number of likely N-dealkylation sites (N-methyl/N-ethyl adjacent to an activating group) is 1. The lowest BCUT2D eigenvalue weighted by Gasteiger charge is -2.30. The van der Waals surface area contributed by atoms with Gasteiger partial charge in [-0.15, -0.1) is 0 Å². The first-order chi connectivity index (χ1) is 12.8. The first-order valence-electron chi connectivity index (χ1n) is 9.52. The smallest absolute Gasteiger partial charge is 0.231 e. The zero-order valence-electron chi connectivity index (χ0n) is 16.9. The lowest BCUT2D eigenvalue weighted by atomic mass is 9.90. The van der Waals surface area contributed by atoms with Gasteiger partial charge in [-0.1, -0.05) is 17.6 Å². The molecule has 0 saturated carbocycles. The van der Waals surface area contributed by atoms with Crippen molar-refractivity contribution in [3.8, 4) is 29.1 Å². The van der Waals surface area contributed by atoms with Gasteiger partial charge in [0, 0.05) is 6.42 Å². The van der Waals surface area contributed by atoms with Crippen LogP contribution < -0.4 is 19.1 Å². The van der Waals surface area contributed by atoms with Crippen molar-refractivity contribution in [2.45, 2.75) is 51.7 Å². The van der Waals surface area contributed by atoms with Crippen molar-refractivity contribution in [2.75, 3.05) is 27.5 Å². The topological polar surface area (TPSA) is 52.4 Å². The van der Waals surface area contributed by atoms with Gasteiger partial charge in [0.15, 0.2) is 17.5 Å². The molecule has 0 fully saturated rings. The second-order valence-electron chi connectivity index (χ2n) is 7.86. The average molecular weight is 372 g/mol. The molecule has 0 aromatic heterocycles. The molecule has 3 rings (SSSR count). The number of allylic oxidation sites excluding steroid dienone is 2. The van der Waals surface area contributed by atoms with Gasteiger partial charge < -0.3 is 24.2 Å². The number of hydrogen-bond acceptors (Lipinski definition) is 4. The number of hydrogen-bond donors (Lipinski definition) is 2. The molecule has 0 bridgehead atoms. The minimum Gasteiger partial charge on any atom is -0.492 e. The Morgan fingerprint density at radius 1 is 1.44 bits per heavy atom. The standard InChI is InChI=1S/C22H29NO4/c1-15(2)7-6-10-22(3,24)11-8-17-19-16(9-12-23(17)4)13-18-20(21(19)25-5)27-14-26-18/h7,13,17,24H,6,9-10,12,14H2,1-5H3/p+1/t17-,22+/m0/s1. The molecule has 0 amide bonds.